The van der Waals surface area contributed by atoms with Crippen LogP contribution in [0.2, 0.25) is 0 Å². The van der Waals surface area contributed by atoms with Crippen LogP contribution in [0.5, 0.6) is 0 Å². The maximum absolute atomic E-state index is 13.6. The number of anilines is 2. The van der Waals surface area contributed by atoms with Crippen LogP contribution in [0.4, 0.5) is 29.3 Å². The molecule has 2 rings (SSSR count). The highest BCUT2D eigenvalue weighted by Crippen LogP contribution is 2.20. The maximum atomic E-state index is 13.6. The number of ether oxygens (including phenoxy) is 1. The number of nitrogens with two attached hydrogens (primary N) is 1. The van der Waals surface area contributed by atoms with E-state index in [-0.39, 0.29) is 11.3 Å². The molecule has 0 saturated carbocycles. The molecule has 4 N–H and O–H groups in total. The highest BCUT2D eigenvalue weighted by atomic mass is 19.2. The molecule has 2 aromatic rings. The first-order chi connectivity index (χ1) is 12.7. The van der Waals surface area contributed by atoms with Crippen LogP contribution in [0.3, 0.4) is 0 Å². The van der Waals surface area contributed by atoms with Gasteiger partial charge in [0.05, 0.1) is 11.3 Å². The van der Waals surface area contributed by atoms with Crippen LogP contribution in [0, 0.1) is 17.5 Å². The molecule has 142 valence electrons. The molecule has 10 heteroatoms. The topological polar surface area (TPSA) is 111 Å². The smallest absolute Gasteiger partial charge is 0.338 e. The van der Waals surface area contributed by atoms with E-state index >= 15 is 0 Å². The SMILES string of the molecule is C[C@@H](OC(=O)c1cccc(NC(N)=O)c1)C(=O)Nc1ccc(F)c(F)c1F. The fourth-order valence-electron chi connectivity index (χ4n) is 2.01. The Morgan fingerprint density at radius 2 is 1.74 bits per heavy atom. The molecular weight excluding hydrogens is 367 g/mol. The third kappa shape index (κ3) is 4.97. The van der Waals surface area contributed by atoms with Gasteiger partial charge in [-0.3, -0.25) is 4.79 Å². The second-order valence-electron chi connectivity index (χ2n) is 5.33. The largest absolute Gasteiger partial charge is 0.449 e. The number of benzene rings is 2. The second kappa shape index (κ2) is 8.21. The molecule has 1 atom stereocenters. The summed E-state index contributed by atoms with van der Waals surface area (Å²) >= 11 is 0. The first kappa shape index (κ1) is 19.8. The van der Waals surface area contributed by atoms with Gasteiger partial charge in [-0.2, -0.15) is 0 Å². The highest BCUT2D eigenvalue weighted by molar-refractivity contribution is 5.98. The van der Waals surface area contributed by atoms with Crippen molar-refractivity contribution in [2.45, 2.75) is 13.0 Å². The fraction of sp³-hybridized carbons (Fsp3) is 0.118. The van der Waals surface area contributed by atoms with E-state index in [1.807, 2.05) is 5.32 Å². The number of nitrogens with one attached hydrogen (secondary N) is 2. The van der Waals surface area contributed by atoms with Gasteiger partial charge < -0.3 is 21.1 Å². The lowest BCUT2D eigenvalue weighted by atomic mass is 10.2. The third-order valence-electron chi connectivity index (χ3n) is 3.31. The highest BCUT2D eigenvalue weighted by Gasteiger charge is 2.22. The van der Waals surface area contributed by atoms with Gasteiger partial charge in [0, 0.05) is 5.69 Å². The Hall–Kier alpha value is -3.56. The number of esters is 1. The van der Waals surface area contributed by atoms with Crippen LogP contribution in [-0.4, -0.2) is 24.0 Å². The van der Waals surface area contributed by atoms with Crippen molar-refractivity contribution in [3.8, 4) is 0 Å². The van der Waals surface area contributed by atoms with Crippen LogP contribution in [0.25, 0.3) is 0 Å². The molecule has 3 amide bonds. The predicted octanol–water partition coefficient (Wildman–Crippen LogP) is 2.78. The minimum atomic E-state index is -1.74. The summed E-state index contributed by atoms with van der Waals surface area (Å²) in [6.07, 6.45) is -1.38. The summed E-state index contributed by atoms with van der Waals surface area (Å²) in [7, 11) is 0. The number of hydrogen-bond acceptors (Lipinski definition) is 4. The Morgan fingerprint density at radius 3 is 2.41 bits per heavy atom. The number of rotatable bonds is 5. The molecule has 0 aliphatic rings. The predicted molar refractivity (Wildman–Crippen MR) is 89.5 cm³/mol. The molecule has 27 heavy (non-hydrogen) atoms. The van der Waals surface area contributed by atoms with E-state index in [1.54, 1.807) is 0 Å². The Bertz CT molecular complexity index is 905. The Kier molecular flexibility index (Phi) is 6.01. The minimum Gasteiger partial charge on any atom is -0.449 e. The van der Waals surface area contributed by atoms with Crippen molar-refractivity contribution in [2.24, 2.45) is 5.73 Å². The molecule has 0 aliphatic carbocycles. The fourth-order valence-corrected chi connectivity index (χ4v) is 2.01. The third-order valence-corrected chi connectivity index (χ3v) is 3.31. The second-order valence-corrected chi connectivity index (χ2v) is 5.33. The summed E-state index contributed by atoms with van der Waals surface area (Å²) in [6.45, 7) is 1.20. The van der Waals surface area contributed by atoms with Gasteiger partial charge in [0.2, 0.25) is 0 Å². The van der Waals surface area contributed by atoms with Crippen LogP contribution < -0.4 is 16.4 Å². The van der Waals surface area contributed by atoms with Gasteiger partial charge in [0.15, 0.2) is 23.6 Å². The number of amides is 3. The van der Waals surface area contributed by atoms with Gasteiger partial charge in [-0.25, -0.2) is 22.8 Å². The van der Waals surface area contributed by atoms with Crippen LogP contribution in [-0.2, 0) is 9.53 Å². The molecule has 0 aliphatic heterocycles. The summed E-state index contributed by atoms with van der Waals surface area (Å²) in [6, 6.07) is 6.20. The van der Waals surface area contributed by atoms with Gasteiger partial charge in [-0.15, -0.1) is 0 Å². The molecule has 0 spiro atoms. The number of carbonyl (C=O) groups is 3. The van der Waals surface area contributed by atoms with E-state index in [9.17, 15) is 27.6 Å². The summed E-state index contributed by atoms with van der Waals surface area (Å²) in [5.74, 6) is -6.59. The Morgan fingerprint density at radius 1 is 1.04 bits per heavy atom. The van der Waals surface area contributed by atoms with E-state index in [4.69, 9.17) is 10.5 Å². The Balaban J connectivity index is 2.05. The number of carbonyl (C=O) groups excluding carboxylic acids is 3. The summed E-state index contributed by atoms with van der Waals surface area (Å²) < 4.78 is 44.6. The van der Waals surface area contributed by atoms with Crippen LogP contribution in [0.15, 0.2) is 36.4 Å². The molecule has 0 unspecified atom stereocenters. The first-order valence-corrected chi connectivity index (χ1v) is 7.51. The van der Waals surface area contributed by atoms with Crippen molar-refractivity contribution in [3.63, 3.8) is 0 Å². The maximum Gasteiger partial charge on any atom is 0.338 e. The number of hydrogen-bond donors (Lipinski definition) is 3. The quantitative estimate of drug-likeness (QED) is 0.546. The summed E-state index contributed by atoms with van der Waals surface area (Å²) in [5, 5.41) is 4.27. The van der Waals surface area contributed by atoms with Crippen molar-refractivity contribution >= 4 is 29.3 Å². The van der Waals surface area contributed by atoms with Gasteiger partial charge in [-0.05, 0) is 37.3 Å². The van der Waals surface area contributed by atoms with Crippen molar-refractivity contribution < 1.29 is 32.3 Å². The van der Waals surface area contributed by atoms with Gasteiger partial charge in [0.25, 0.3) is 5.91 Å². The normalized spacial score (nSPS) is 11.4. The molecule has 0 fully saturated rings. The van der Waals surface area contributed by atoms with Gasteiger partial charge in [0.1, 0.15) is 0 Å². The standard InChI is InChI=1S/C17H14F3N3O4/c1-8(15(24)23-12-6-5-11(18)13(19)14(12)20)27-16(25)9-3-2-4-10(7-9)22-17(21)26/h2-8H,1H3,(H,23,24)(H3,21,22,26)/t8-/m1/s1. The zero-order valence-corrected chi connectivity index (χ0v) is 13.9. The van der Waals surface area contributed by atoms with Crippen molar-refractivity contribution in [2.75, 3.05) is 10.6 Å². The molecule has 0 bridgehead atoms. The summed E-state index contributed by atoms with van der Waals surface area (Å²) in [4.78, 5) is 34.9. The number of primary amides is 1. The van der Waals surface area contributed by atoms with E-state index in [0.29, 0.717) is 6.07 Å². The molecule has 0 heterocycles. The minimum absolute atomic E-state index is 0.0138. The van der Waals surface area contributed by atoms with Crippen molar-refractivity contribution in [1.29, 1.82) is 0 Å². The lowest BCUT2D eigenvalue weighted by Crippen LogP contribution is -2.30. The van der Waals surface area contributed by atoms with Crippen molar-refractivity contribution in [1.82, 2.24) is 0 Å². The summed E-state index contributed by atoms with van der Waals surface area (Å²) in [5.41, 5.74) is 4.62. The van der Waals surface area contributed by atoms with E-state index in [2.05, 4.69) is 5.32 Å². The molecular formula is C17H14F3N3O4. The molecule has 0 aromatic heterocycles. The Labute approximate surface area is 151 Å². The van der Waals surface area contributed by atoms with Gasteiger partial charge >= 0.3 is 12.0 Å². The van der Waals surface area contributed by atoms with Crippen LogP contribution >= 0.6 is 0 Å². The molecule has 2 aromatic carbocycles. The van der Waals surface area contributed by atoms with Gasteiger partial charge in [-0.1, -0.05) is 6.07 Å². The lowest BCUT2D eigenvalue weighted by molar-refractivity contribution is -0.123. The zero-order chi connectivity index (χ0) is 20.1. The number of halogens is 3. The monoisotopic (exact) mass is 381 g/mol. The van der Waals surface area contributed by atoms with E-state index < -0.39 is 47.2 Å². The average Bonchev–Trinajstić information content (AvgIpc) is 2.61. The lowest BCUT2D eigenvalue weighted by Gasteiger charge is -2.14. The first-order valence-electron chi connectivity index (χ1n) is 7.51. The molecule has 0 radical (unpaired) electrons. The van der Waals surface area contributed by atoms with Crippen molar-refractivity contribution in [3.05, 3.63) is 59.4 Å². The van der Waals surface area contributed by atoms with E-state index in [1.165, 1.54) is 31.2 Å². The number of urea groups is 1. The van der Waals surface area contributed by atoms with Crippen LogP contribution in [0.1, 0.15) is 17.3 Å². The average molecular weight is 381 g/mol. The molecule has 7 nitrogen and oxygen atoms in total. The van der Waals surface area contributed by atoms with E-state index in [0.717, 1.165) is 6.07 Å². The molecule has 0 saturated heterocycles. The zero-order valence-electron chi connectivity index (χ0n) is 13.9.